The number of amides is 1. The Bertz CT molecular complexity index is 1220. The van der Waals surface area contributed by atoms with Crippen molar-refractivity contribution in [1.82, 2.24) is 10.3 Å². The molecule has 1 heterocycles. The summed E-state index contributed by atoms with van der Waals surface area (Å²) in [5.41, 5.74) is 3.30. The smallest absolute Gasteiger partial charge is 0.257 e. The Morgan fingerprint density at radius 2 is 1.72 bits per heavy atom. The molecule has 0 saturated heterocycles. The van der Waals surface area contributed by atoms with Gasteiger partial charge < -0.3 is 9.73 Å². The van der Waals surface area contributed by atoms with Crippen LogP contribution in [0.2, 0.25) is 10.0 Å². The maximum Gasteiger partial charge on any atom is 0.257 e. The summed E-state index contributed by atoms with van der Waals surface area (Å²) in [7, 11) is 0. The van der Waals surface area contributed by atoms with E-state index in [0.717, 1.165) is 5.56 Å². The van der Waals surface area contributed by atoms with Crippen molar-refractivity contribution in [2.45, 2.75) is 0 Å². The monoisotopic (exact) mass is 441 g/mol. The number of carbonyl (C=O) groups excluding carboxylic acids is 1. The predicted molar refractivity (Wildman–Crippen MR) is 120 cm³/mol. The molecule has 3 aromatic carbocycles. The summed E-state index contributed by atoms with van der Waals surface area (Å²) < 4.78 is 5.76. The molecule has 5 nitrogen and oxygen atoms in total. The van der Waals surface area contributed by atoms with E-state index in [-0.39, 0.29) is 11.0 Å². The van der Waals surface area contributed by atoms with Crippen LogP contribution in [-0.4, -0.2) is 16.0 Å². The van der Waals surface area contributed by atoms with Crippen LogP contribution in [0.3, 0.4) is 0 Å². The minimum atomic E-state index is -0.341. The molecule has 144 valence electrons. The third kappa shape index (κ3) is 4.56. The van der Waals surface area contributed by atoms with Crippen molar-refractivity contribution >= 4 is 63.2 Å². The first-order chi connectivity index (χ1) is 14.0. The molecular weight excluding hydrogens is 429 g/mol. The number of nitrogens with one attached hydrogen (secondary N) is 2. The average Bonchev–Trinajstić information content (AvgIpc) is 3.11. The summed E-state index contributed by atoms with van der Waals surface area (Å²) in [5, 5.41) is 6.85. The maximum atomic E-state index is 12.2. The van der Waals surface area contributed by atoms with Gasteiger partial charge in [0.05, 0.1) is 0 Å². The summed E-state index contributed by atoms with van der Waals surface area (Å²) in [6.07, 6.45) is 0. The van der Waals surface area contributed by atoms with Crippen molar-refractivity contribution < 1.29 is 9.21 Å². The molecule has 0 spiro atoms. The second-order valence-corrected chi connectivity index (χ2v) is 7.41. The Hall–Kier alpha value is -2.93. The van der Waals surface area contributed by atoms with Crippen LogP contribution in [0.5, 0.6) is 0 Å². The lowest BCUT2D eigenvalue weighted by molar-refractivity contribution is 0.0977. The lowest BCUT2D eigenvalue weighted by Crippen LogP contribution is -2.34. The SMILES string of the molecule is O=C(NC(=S)Nc1ccc(-c2nc3cc(Cl)ccc3o2)cc1)c1cccc(Cl)c1. The van der Waals surface area contributed by atoms with Crippen molar-refractivity contribution in [3.8, 4) is 11.5 Å². The van der Waals surface area contributed by atoms with E-state index in [1.54, 1.807) is 42.5 Å². The highest BCUT2D eigenvalue weighted by Crippen LogP contribution is 2.27. The molecule has 8 heteroatoms. The fourth-order valence-electron chi connectivity index (χ4n) is 2.69. The molecule has 0 radical (unpaired) electrons. The topological polar surface area (TPSA) is 67.2 Å². The van der Waals surface area contributed by atoms with Crippen LogP contribution >= 0.6 is 35.4 Å². The first-order valence-corrected chi connectivity index (χ1v) is 9.69. The minimum absolute atomic E-state index is 0.180. The van der Waals surface area contributed by atoms with Crippen molar-refractivity contribution in [1.29, 1.82) is 0 Å². The van der Waals surface area contributed by atoms with Crippen LogP contribution in [0.1, 0.15) is 10.4 Å². The summed E-state index contributed by atoms with van der Waals surface area (Å²) in [5.74, 6) is 0.150. The maximum absolute atomic E-state index is 12.2. The van der Waals surface area contributed by atoms with Gasteiger partial charge in [-0.1, -0.05) is 29.3 Å². The van der Waals surface area contributed by atoms with Gasteiger partial charge in [-0.15, -0.1) is 0 Å². The highest BCUT2D eigenvalue weighted by molar-refractivity contribution is 7.80. The van der Waals surface area contributed by atoms with Gasteiger partial charge in [0.2, 0.25) is 5.89 Å². The fraction of sp³-hybridized carbons (Fsp3) is 0. The number of anilines is 1. The third-order valence-corrected chi connectivity index (χ3v) is 4.73. The van der Waals surface area contributed by atoms with E-state index in [1.807, 2.05) is 24.3 Å². The zero-order chi connectivity index (χ0) is 20.4. The van der Waals surface area contributed by atoms with Crippen LogP contribution in [-0.2, 0) is 0 Å². The normalized spacial score (nSPS) is 10.7. The van der Waals surface area contributed by atoms with Gasteiger partial charge in [-0.2, -0.15) is 0 Å². The van der Waals surface area contributed by atoms with Crippen LogP contribution in [0.4, 0.5) is 5.69 Å². The number of hydrogen-bond acceptors (Lipinski definition) is 4. The molecular formula is C21H13Cl2N3O2S. The van der Waals surface area contributed by atoms with Crippen molar-refractivity contribution in [3.63, 3.8) is 0 Å². The van der Waals surface area contributed by atoms with E-state index in [9.17, 15) is 4.79 Å². The number of thiocarbonyl (C=S) groups is 1. The van der Waals surface area contributed by atoms with Gasteiger partial charge in [-0.05, 0) is 72.9 Å². The highest BCUT2D eigenvalue weighted by Gasteiger charge is 2.10. The lowest BCUT2D eigenvalue weighted by Gasteiger charge is -2.10. The van der Waals surface area contributed by atoms with E-state index in [4.69, 9.17) is 39.8 Å². The van der Waals surface area contributed by atoms with Gasteiger partial charge in [0, 0.05) is 26.9 Å². The molecule has 4 aromatic rings. The number of fused-ring (bicyclic) bond motifs is 1. The molecule has 0 aliphatic rings. The Labute approximate surface area is 181 Å². The van der Waals surface area contributed by atoms with E-state index in [0.29, 0.717) is 38.3 Å². The van der Waals surface area contributed by atoms with Crippen molar-refractivity contribution in [2.24, 2.45) is 0 Å². The molecule has 0 aliphatic heterocycles. The average molecular weight is 442 g/mol. The van der Waals surface area contributed by atoms with Crippen LogP contribution in [0, 0.1) is 0 Å². The van der Waals surface area contributed by atoms with E-state index >= 15 is 0 Å². The van der Waals surface area contributed by atoms with Gasteiger partial charge in [0.15, 0.2) is 10.7 Å². The standard InChI is InChI=1S/C21H13Cl2N3O2S/c22-14-3-1-2-13(10-14)19(27)26-21(29)24-16-7-4-12(5-8-16)20-25-17-11-15(23)6-9-18(17)28-20/h1-11H,(H2,24,26,27,29). The number of nitrogens with zero attached hydrogens (tertiary/aromatic N) is 1. The third-order valence-electron chi connectivity index (χ3n) is 4.05. The van der Waals surface area contributed by atoms with E-state index in [2.05, 4.69) is 15.6 Å². The summed E-state index contributed by atoms with van der Waals surface area (Å²) in [6.45, 7) is 0. The zero-order valence-corrected chi connectivity index (χ0v) is 17.1. The number of oxazole rings is 1. The first kappa shape index (κ1) is 19.4. The van der Waals surface area contributed by atoms with Gasteiger partial charge in [-0.25, -0.2) is 4.98 Å². The molecule has 2 N–H and O–H groups in total. The van der Waals surface area contributed by atoms with Gasteiger partial charge in [0.1, 0.15) is 5.52 Å². The first-order valence-electron chi connectivity index (χ1n) is 8.52. The Morgan fingerprint density at radius 1 is 0.966 bits per heavy atom. The number of carbonyl (C=O) groups is 1. The number of aromatic nitrogens is 1. The van der Waals surface area contributed by atoms with Crippen LogP contribution < -0.4 is 10.6 Å². The molecule has 0 fully saturated rings. The van der Waals surface area contributed by atoms with Gasteiger partial charge in [-0.3, -0.25) is 10.1 Å². The number of rotatable bonds is 3. The molecule has 4 rings (SSSR count). The Morgan fingerprint density at radius 3 is 2.48 bits per heavy atom. The molecule has 0 unspecified atom stereocenters. The van der Waals surface area contributed by atoms with Gasteiger partial charge in [0.25, 0.3) is 5.91 Å². The highest BCUT2D eigenvalue weighted by atomic mass is 35.5. The lowest BCUT2D eigenvalue weighted by atomic mass is 10.2. The molecule has 1 aromatic heterocycles. The van der Waals surface area contributed by atoms with Crippen LogP contribution in [0.25, 0.3) is 22.6 Å². The summed E-state index contributed by atoms with van der Waals surface area (Å²) in [4.78, 5) is 16.7. The predicted octanol–water partition coefficient (Wildman–Crippen LogP) is 5.93. The van der Waals surface area contributed by atoms with E-state index in [1.165, 1.54) is 0 Å². The second kappa shape index (κ2) is 8.21. The zero-order valence-electron chi connectivity index (χ0n) is 14.8. The Balaban J connectivity index is 1.43. The quantitative estimate of drug-likeness (QED) is 0.385. The van der Waals surface area contributed by atoms with Gasteiger partial charge >= 0.3 is 0 Å². The Kier molecular flexibility index (Phi) is 5.49. The molecule has 0 bridgehead atoms. The fourth-order valence-corrected chi connectivity index (χ4v) is 3.25. The number of benzene rings is 3. The molecule has 0 saturated carbocycles. The second-order valence-electron chi connectivity index (χ2n) is 6.13. The summed E-state index contributed by atoms with van der Waals surface area (Å²) >= 11 is 17.1. The molecule has 29 heavy (non-hydrogen) atoms. The molecule has 0 aliphatic carbocycles. The van der Waals surface area contributed by atoms with E-state index < -0.39 is 0 Å². The van der Waals surface area contributed by atoms with Crippen molar-refractivity contribution in [3.05, 3.63) is 82.3 Å². The number of hydrogen-bond donors (Lipinski definition) is 2. The molecule has 0 atom stereocenters. The summed E-state index contributed by atoms with van der Waals surface area (Å²) in [6, 6.07) is 19.2. The largest absolute Gasteiger partial charge is 0.436 e. The number of halogens is 2. The van der Waals surface area contributed by atoms with Crippen molar-refractivity contribution in [2.75, 3.05) is 5.32 Å². The molecule has 1 amide bonds. The van der Waals surface area contributed by atoms with Crippen LogP contribution in [0.15, 0.2) is 71.1 Å². The minimum Gasteiger partial charge on any atom is -0.436 e.